The van der Waals surface area contributed by atoms with Gasteiger partial charge in [-0.1, -0.05) is 22.9 Å². The van der Waals surface area contributed by atoms with E-state index in [0.717, 1.165) is 43.8 Å². The number of fused-ring (bicyclic) bond motifs is 1. The number of likely N-dealkylation sites (tertiary alicyclic amines) is 1. The van der Waals surface area contributed by atoms with Crippen LogP contribution in [0.15, 0.2) is 17.1 Å². The van der Waals surface area contributed by atoms with Crippen LogP contribution < -0.4 is 4.87 Å². The highest BCUT2D eigenvalue weighted by Gasteiger charge is 2.24. The number of aromatic nitrogens is 2. The second kappa shape index (κ2) is 7.85. The lowest BCUT2D eigenvalue weighted by Gasteiger charge is -2.32. The minimum Gasteiger partial charge on any atom is -0.341 e. The Morgan fingerprint density at radius 1 is 1.40 bits per heavy atom. The first-order chi connectivity index (χ1) is 11.9. The van der Waals surface area contributed by atoms with E-state index in [1.54, 1.807) is 6.07 Å². The quantitative estimate of drug-likeness (QED) is 0.796. The number of pyridine rings is 1. The average molecular weight is 383 g/mol. The lowest BCUT2D eigenvalue weighted by molar-refractivity contribution is -0.133. The van der Waals surface area contributed by atoms with E-state index in [0.29, 0.717) is 21.3 Å². The molecule has 0 aromatic carbocycles. The molecule has 1 fully saturated rings. The maximum Gasteiger partial charge on any atom is 0.310 e. The Kier molecular flexibility index (Phi) is 5.76. The molecule has 8 heteroatoms. The number of carbonyl (C=O) groups excluding carboxylic acids is 1. The lowest BCUT2D eigenvalue weighted by atomic mass is 9.93. The molecule has 3 rings (SSSR count). The smallest absolute Gasteiger partial charge is 0.310 e. The maximum absolute atomic E-state index is 12.6. The van der Waals surface area contributed by atoms with E-state index in [1.165, 1.54) is 17.2 Å². The first kappa shape index (κ1) is 18.4. The van der Waals surface area contributed by atoms with Crippen LogP contribution in [-0.4, -0.2) is 59.0 Å². The molecular weight excluding hydrogens is 360 g/mol. The third-order valence-corrected chi connectivity index (χ3v) is 5.85. The fourth-order valence-electron chi connectivity index (χ4n) is 3.22. The average Bonchev–Trinajstić information content (AvgIpc) is 2.88. The molecule has 136 valence electrons. The third-order valence-electron chi connectivity index (χ3n) is 4.74. The van der Waals surface area contributed by atoms with E-state index in [-0.39, 0.29) is 17.3 Å². The van der Waals surface area contributed by atoms with Crippen LogP contribution in [0, 0.1) is 5.92 Å². The van der Waals surface area contributed by atoms with E-state index >= 15 is 0 Å². The molecule has 0 unspecified atom stereocenters. The highest BCUT2D eigenvalue weighted by Crippen LogP contribution is 2.22. The number of carbonyl (C=O) groups is 1. The zero-order valence-electron chi connectivity index (χ0n) is 14.6. The summed E-state index contributed by atoms with van der Waals surface area (Å²) in [4.78, 5) is 33.5. The number of piperidine rings is 1. The van der Waals surface area contributed by atoms with Crippen LogP contribution in [0.5, 0.6) is 0 Å². The number of amides is 1. The molecule has 0 bridgehead atoms. The topological polar surface area (TPSA) is 58.4 Å². The zero-order chi connectivity index (χ0) is 18.0. The van der Waals surface area contributed by atoms with Crippen LogP contribution in [0.1, 0.15) is 19.3 Å². The molecule has 0 N–H and O–H groups in total. The molecule has 0 radical (unpaired) electrons. The molecule has 0 spiro atoms. The Morgan fingerprint density at radius 3 is 2.80 bits per heavy atom. The highest BCUT2D eigenvalue weighted by molar-refractivity contribution is 7.16. The number of hydrogen-bond donors (Lipinski definition) is 0. The van der Waals surface area contributed by atoms with Crippen LogP contribution in [-0.2, 0) is 11.3 Å². The van der Waals surface area contributed by atoms with Crippen LogP contribution in [0.4, 0.5) is 0 Å². The van der Waals surface area contributed by atoms with Crippen molar-refractivity contribution in [3.8, 4) is 0 Å². The largest absolute Gasteiger partial charge is 0.341 e. The van der Waals surface area contributed by atoms with Gasteiger partial charge in [0.25, 0.3) is 0 Å². The molecule has 1 amide bonds. The number of nitrogens with zero attached hydrogens (tertiary/aromatic N) is 4. The molecule has 1 aliphatic rings. The Morgan fingerprint density at radius 2 is 2.12 bits per heavy atom. The van der Waals surface area contributed by atoms with Gasteiger partial charge >= 0.3 is 4.87 Å². The van der Waals surface area contributed by atoms with E-state index in [2.05, 4.69) is 24.0 Å². The number of hydrogen-bond acceptors (Lipinski definition) is 5. The summed E-state index contributed by atoms with van der Waals surface area (Å²) in [6, 6.07) is 1.70. The van der Waals surface area contributed by atoms with E-state index in [4.69, 9.17) is 11.6 Å². The molecule has 1 saturated heterocycles. The van der Waals surface area contributed by atoms with E-state index < -0.39 is 0 Å². The number of thiazole rings is 1. The lowest BCUT2D eigenvalue weighted by Crippen LogP contribution is -2.41. The van der Waals surface area contributed by atoms with Crippen molar-refractivity contribution in [3.05, 3.63) is 27.0 Å². The Balaban J connectivity index is 1.63. The van der Waals surface area contributed by atoms with Gasteiger partial charge in [-0.3, -0.25) is 14.2 Å². The number of halogens is 1. The van der Waals surface area contributed by atoms with Crippen molar-refractivity contribution in [2.75, 3.05) is 33.7 Å². The summed E-state index contributed by atoms with van der Waals surface area (Å²) in [5, 5.41) is 0.466. The first-order valence-electron chi connectivity index (χ1n) is 8.51. The Hall–Kier alpha value is -1.44. The van der Waals surface area contributed by atoms with Crippen molar-refractivity contribution < 1.29 is 4.79 Å². The molecule has 2 aromatic rings. The van der Waals surface area contributed by atoms with Gasteiger partial charge in [0.1, 0.15) is 11.4 Å². The fraction of sp³-hybridized carbons (Fsp3) is 0.588. The summed E-state index contributed by atoms with van der Waals surface area (Å²) in [6.07, 6.45) is 4.76. The Bertz CT molecular complexity index is 809. The van der Waals surface area contributed by atoms with Gasteiger partial charge in [0.2, 0.25) is 5.91 Å². The van der Waals surface area contributed by atoms with Crippen molar-refractivity contribution in [2.24, 2.45) is 5.92 Å². The molecule has 6 nitrogen and oxygen atoms in total. The minimum absolute atomic E-state index is 0.00663. The van der Waals surface area contributed by atoms with Gasteiger partial charge in [0.15, 0.2) is 0 Å². The van der Waals surface area contributed by atoms with Crippen molar-refractivity contribution >= 4 is 39.2 Å². The van der Waals surface area contributed by atoms with Crippen LogP contribution >= 0.6 is 22.9 Å². The highest BCUT2D eigenvalue weighted by atomic mass is 35.5. The minimum atomic E-state index is -0.168. The summed E-state index contributed by atoms with van der Waals surface area (Å²) in [6.45, 7) is 2.69. The summed E-state index contributed by atoms with van der Waals surface area (Å²) >= 11 is 7.03. The maximum atomic E-state index is 12.6. The van der Waals surface area contributed by atoms with Gasteiger partial charge in [0.05, 0.1) is 10.5 Å². The van der Waals surface area contributed by atoms with E-state index in [1.807, 2.05) is 4.90 Å². The van der Waals surface area contributed by atoms with Crippen LogP contribution in [0.2, 0.25) is 5.02 Å². The van der Waals surface area contributed by atoms with Crippen LogP contribution in [0.25, 0.3) is 10.3 Å². The third kappa shape index (κ3) is 4.40. The SMILES string of the molecule is CN(C)CCC1CCN(C(=O)Cn2c(=O)sc3ncc(Cl)cc32)CC1. The molecule has 3 heterocycles. The molecule has 0 saturated carbocycles. The predicted octanol–water partition coefficient (Wildman–Crippen LogP) is 2.30. The van der Waals surface area contributed by atoms with Crippen molar-refractivity contribution in [3.63, 3.8) is 0 Å². The molecular formula is C17H23ClN4O2S. The molecule has 25 heavy (non-hydrogen) atoms. The zero-order valence-corrected chi connectivity index (χ0v) is 16.1. The van der Waals surface area contributed by atoms with Crippen LogP contribution in [0.3, 0.4) is 0 Å². The van der Waals surface area contributed by atoms with Crippen molar-refractivity contribution in [1.29, 1.82) is 0 Å². The first-order valence-corrected chi connectivity index (χ1v) is 9.71. The van der Waals surface area contributed by atoms with Gasteiger partial charge in [-0.2, -0.15) is 0 Å². The van der Waals surface area contributed by atoms with Gasteiger partial charge in [-0.15, -0.1) is 0 Å². The predicted molar refractivity (Wildman–Crippen MR) is 101 cm³/mol. The second-order valence-corrected chi connectivity index (χ2v) is 8.22. The summed E-state index contributed by atoms with van der Waals surface area (Å²) in [5.41, 5.74) is 0.636. The standard InChI is InChI=1S/C17H23ClN4O2S/c1-20(2)6-3-12-4-7-21(8-5-12)15(23)11-22-14-9-13(18)10-19-16(14)25-17(22)24/h9-10,12H,3-8,11H2,1-2H3. The van der Waals surface area contributed by atoms with Crippen molar-refractivity contribution in [1.82, 2.24) is 19.4 Å². The molecule has 2 aromatic heterocycles. The molecule has 1 aliphatic heterocycles. The van der Waals surface area contributed by atoms with E-state index in [9.17, 15) is 9.59 Å². The molecule has 0 aliphatic carbocycles. The summed E-state index contributed by atoms with van der Waals surface area (Å²) in [7, 11) is 4.17. The van der Waals surface area contributed by atoms with Gasteiger partial charge < -0.3 is 9.80 Å². The van der Waals surface area contributed by atoms with Gasteiger partial charge in [0, 0.05) is 19.3 Å². The fourth-order valence-corrected chi connectivity index (χ4v) is 4.19. The van der Waals surface area contributed by atoms with Gasteiger partial charge in [-0.25, -0.2) is 4.98 Å². The molecule has 0 atom stereocenters. The van der Waals surface area contributed by atoms with Gasteiger partial charge in [-0.05, 0) is 51.9 Å². The number of rotatable bonds is 5. The normalized spacial score (nSPS) is 16.1. The summed E-state index contributed by atoms with van der Waals surface area (Å²) < 4.78 is 1.49. The monoisotopic (exact) mass is 382 g/mol. The Labute approximate surface area is 156 Å². The summed E-state index contributed by atoms with van der Waals surface area (Å²) in [5.74, 6) is 0.673. The van der Waals surface area contributed by atoms with Crippen molar-refractivity contribution in [2.45, 2.75) is 25.8 Å². The second-order valence-electron chi connectivity index (χ2n) is 6.85.